The van der Waals surface area contributed by atoms with Crippen molar-refractivity contribution < 1.29 is 9.90 Å². The Morgan fingerprint density at radius 3 is 0.976 bits per heavy atom. The predicted octanol–water partition coefficient (Wildman–Crippen LogP) is 13.6. The molecule has 0 aliphatic heterocycles. The summed E-state index contributed by atoms with van der Waals surface area (Å²) in [6.45, 7) is 10.2. The highest BCUT2D eigenvalue weighted by atomic mass is 16.4. The molecule has 0 fully saturated rings. The number of carboxylic acids is 1. The van der Waals surface area contributed by atoms with Crippen LogP contribution in [0.25, 0.3) is 0 Å². The molecule has 0 aliphatic rings. The zero-order valence-electron chi connectivity index (χ0n) is 29.8. The van der Waals surface area contributed by atoms with Crippen LogP contribution in [0.15, 0.2) is 0 Å². The Balaban J connectivity index is 0. The van der Waals surface area contributed by atoms with E-state index in [1.807, 2.05) is 0 Å². The minimum Gasteiger partial charge on any atom is -0.481 e. The van der Waals surface area contributed by atoms with Crippen molar-refractivity contribution in [3.05, 3.63) is 0 Å². The van der Waals surface area contributed by atoms with E-state index in [4.69, 9.17) is 10.8 Å². The summed E-state index contributed by atoms with van der Waals surface area (Å²) in [6, 6.07) is 0. The molecule has 3 heteroatoms. The molecule has 0 aromatic rings. The summed E-state index contributed by atoms with van der Waals surface area (Å²) in [5.41, 5.74) is 6.03. The summed E-state index contributed by atoms with van der Waals surface area (Å²) in [6.07, 6.45) is 43.0. The van der Waals surface area contributed by atoms with E-state index >= 15 is 0 Å². The van der Waals surface area contributed by atoms with E-state index in [2.05, 4.69) is 27.7 Å². The van der Waals surface area contributed by atoms with E-state index in [0.29, 0.717) is 11.8 Å². The second-order valence-corrected chi connectivity index (χ2v) is 14.5. The zero-order chi connectivity index (χ0) is 31.4. The first-order valence-electron chi connectivity index (χ1n) is 19.3. The maximum Gasteiger partial charge on any atom is 0.303 e. The van der Waals surface area contributed by atoms with Gasteiger partial charge in [0.05, 0.1) is 0 Å². The van der Waals surface area contributed by atoms with Crippen molar-refractivity contribution in [1.82, 2.24) is 0 Å². The summed E-state index contributed by atoms with van der Waals surface area (Å²) in [5.74, 6) is -0.653. The maximum atomic E-state index is 10.3. The highest BCUT2D eigenvalue weighted by Gasteiger charge is 2.08. The van der Waals surface area contributed by atoms with E-state index in [1.165, 1.54) is 186 Å². The van der Waals surface area contributed by atoms with Gasteiger partial charge in [0.1, 0.15) is 0 Å². The number of carbonyl (C=O) groups is 1. The fourth-order valence-corrected chi connectivity index (χ4v) is 5.75. The third-order valence-corrected chi connectivity index (χ3v) is 8.63. The molecule has 0 spiro atoms. The largest absolute Gasteiger partial charge is 0.481 e. The van der Waals surface area contributed by atoms with Crippen LogP contribution in [0.2, 0.25) is 0 Å². The minimum atomic E-state index is -0.653. The van der Waals surface area contributed by atoms with Gasteiger partial charge < -0.3 is 10.8 Å². The van der Waals surface area contributed by atoms with Crippen molar-refractivity contribution in [2.24, 2.45) is 11.1 Å². The number of unbranched alkanes of at least 4 members (excludes halogenated alkanes) is 28. The first-order valence-corrected chi connectivity index (χ1v) is 19.3. The quantitative estimate of drug-likeness (QED) is 0.0760. The van der Waals surface area contributed by atoms with Gasteiger partial charge in [-0.1, -0.05) is 207 Å². The predicted molar refractivity (Wildman–Crippen MR) is 190 cm³/mol. The fourth-order valence-electron chi connectivity index (χ4n) is 5.75. The van der Waals surface area contributed by atoms with Gasteiger partial charge in [0.2, 0.25) is 0 Å². The standard InChI is InChI=1S/C21H45N.C18H36O2/c1-21(2,3)19-17-15-13-11-9-7-5-4-6-8-10-12-14-16-18-20-22;1-2-3-4-5-6-7-8-9-10-11-12-13-14-15-16-17-18(19)20/h4-20,22H2,1-3H3;2-17H2,1H3,(H,19,20). The average Bonchev–Trinajstić information content (AvgIpc) is 2.94. The molecule has 0 saturated carbocycles. The van der Waals surface area contributed by atoms with Crippen LogP contribution in [0, 0.1) is 5.41 Å². The molecule has 0 aromatic carbocycles. The molecule has 0 rings (SSSR count). The van der Waals surface area contributed by atoms with Crippen LogP contribution in [0.5, 0.6) is 0 Å². The van der Waals surface area contributed by atoms with Gasteiger partial charge in [0, 0.05) is 6.42 Å². The molecule has 0 atom stereocenters. The van der Waals surface area contributed by atoms with Gasteiger partial charge in [-0.3, -0.25) is 4.79 Å². The molecule has 42 heavy (non-hydrogen) atoms. The van der Waals surface area contributed by atoms with Gasteiger partial charge in [-0.05, 0) is 31.2 Å². The van der Waals surface area contributed by atoms with Crippen LogP contribution < -0.4 is 5.73 Å². The SMILES string of the molecule is CC(C)(C)CCCCCCCCCCCCCCCCCN.CCCCCCCCCCCCCCCCCC(=O)O. The first kappa shape index (κ1) is 43.6. The third kappa shape index (κ3) is 46.4. The maximum absolute atomic E-state index is 10.3. The highest BCUT2D eigenvalue weighted by Crippen LogP contribution is 2.23. The second-order valence-electron chi connectivity index (χ2n) is 14.5. The third-order valence-electron chi connectivity index (χ3n) is 8.63. The zero-order valence-corrected chi connectivity index (χ0v) is 29.8. The molecule has 0 radical (unpaired) electrons. The molecule has 3 N–H and O–H groups in total. The van der Waals surface area contributed by atoms with E-state index in [-0.39, 0.29) is 0 Å². The Bertz CT molecular complexity index is 499. The van der Waals surface area contributed by atoms with Crippen LogP contribution in [-0.4, -0.2) is 17.6 Å². The van der Waals surface area contributed by atoms with Crippen LogP contribution in [0.3, 0.4) is 0 Å². The minimum absolute atomic E-state index is 0.345. The van der Waals surface area contributed by atoms with Gasteiger partial charge in [-0.15, -0.1) is 0 Å². The van der Waals surface area contributed by atoms with Crippen molar-refractivity contribution in [2.75, 3.05) is 6.54 Å². The number of nitrogens with two attached hydrogens (primary N) is 1. The monoisotopic (exact) mass is 596 g/mol. The lowest BCUT2D eigenvalue weighted by atomic mass is 9.89. The van der Waals surface area contributed by atoms with Gasteiger partial charge in [0.15, 0.2) is 0 Å². The fraction of sp³-hybridized carbons (Fsp3) is 0.974. The molecule has 0 saturated heterocycles. The molecule has 0 heterocycles. The first-order chi connectivity index (χ1) is 20.3. The number of hydrogen-bond acceptors (Lipinski definition) is 2. The van der Waals surface area contributed by atoms with Gasteiger partial charge >= 0.3 is 5.97 Å². The van der Waals surface area contributed by atoms with E-state index in [1.54, 1.807) is 0 Å². The smallest absolute Gasteiger partial charge is 0.303 e. The second kappa shape index (κ2) is 36.6. The lowest BCUT2D eigenvalue weighted by molar-refractivity contribution is -0.137. The molecule has 0 unspecified atom stereocenters. The topological polar surface area (TPSA) is 63.3 Å². The molecule has 0 aliphatic carbocycles. The average molecular weight is 596 g/mol. The Morgan fingerprint density at radius 2 is 0.714 bits per heavy atom. The summed E-state index contributed by atoms with van der Waals surface area (Å²) >= 11 is 0. The molecular weight excluding hydrogens is 514 g/mol. The van der Waals surface area contributed by atoms with E-state index in [9.17, 15) is 4.79 Å². The van der Waals surface area contributed by atoms with E-state index in [0.717, 1.165) is 19.4 Å². The Kier molecular flexibility index (Phi) is 38.0. The van der Waals surface area contributed by atoms with Gasteiger partial charge in [-0.2, -0.15) is 0 Å². The van der Waals surface area contributed by atoms with E-state index < -0.39 is 5.97 Å². The number of aliphatic carboxylic acids is 1. The Morgan fingerprint density at radius 1 is 0.452 bits per heavy atom. The van der Waals surface area contributed by atoms with Crippen LogP contribution >= 0.6 is 0 Å². The van der Waals surface area contributed by atoms with Crippen LogP contribution in [0.1, 0.15) is 233 Å². The van der Waals surface area contributed by atoms with Crippen LogP contribution in [-0.2, 0) is 4.79 Å². The lowest BCUT2D eigenvalue weighted by Crippen LogP contribution is -2.03. The number of hydrogen-bond donors (Lipinski definition) is 2. The van der Waals surface area contributed by atoms with Crippen LogP contribution in [0.4, 0.5) is 0 Å². The number of rotatable bonds is 32. The molecule has 0 aromatic heterocycles. The van der Waals surface area contributed by atoms with Gasteiger partial charge in [-0.25, -0.2) is 0 Å². The summed E-state index contributed by atoms with van der Waals surface area (Å²) < 4.78 is 0. The van der Waals surface area contributed by atoms with Crippen molar-refractivity contribution in [3.63, 3.8) is 0 Å². The highest BCUT2D eigenvalue weighted by molar-refractivity contribution is 5.66. The molecule has 254 valence electrons. The van der Waals surface area contributed by atoms with Crippen molar-refractivity contribution in [1.29, 1.82) is 0 Å². The molecule has 0 bridgehead atoms. The molecular formula is C39H81NO2. The molecule has 3 nitrogen and oxygen atoms in total. The van der Waals surface area contributed by atoms with Gasteiger partial charge in [0.25, 0.3) is 0 Å². The molecule has 0 amide bonds. The van der Waals surface area contributed by atoms with Crippen molar-refractivity contribution in [3.8, 4) is 0 Å². The lowest BCUT2D eigenvalue weighted by Gasteiger charge is -2.17. The number of carboxylic acid groups (broad SMARTS) is 1. The normalized spacial score (nSPS) is 11.5. The van der Waals surface area contributed by atoms with Crippen molar-refractivity contribution >= 4 is 5.97 Å². The van der Waals surface area contributed by atoms with Crippen molar-refractivity contribution in [2.45, 2.75) is 233 Å². The summed E-state index contributed by atoms with van der Waals surface area (Å²) in [7, 11) is 0. The summed E-state index contributed by atoms with van der Waals surface area (Å²) in [4.78, 5) is 10.3. The Labute approximate surface area is 266 Å². The Hall–Kier alpha value is -0.570. The summed E-state index contributed by atoms with van der Waals surface area (Å²) in [5, 5.41) is 8.52.